The van der Waals surface area contributed by atoms with Crippen LogP contribution < -0.4 is 0 Å². The molecular formula is C19H19NO4S. The number of sulfonamides is 1. The molecule has 0 aliphatic carbocycles. The molecule has 1 aromatic carbocycles. The maximum atomic E-state index is 12.8. The summed E-state index contributed by atoms with van der Waals surface area (Å²) < 4.78 is 37.5. The van der Waals surface area contributed by atoms with Crippen molar-refractivity contribution in [1.82, 2.24) is 4.31 Å². The Hall–Kier alpha value is -2.57. The Morgan fingerprint density at radius 3 is 1.96 bits per heavy atom. The molecule has 3 rings (SSSR count). The largest absolute Gasteiger partial charge is 0.468 e. The molecule has 130 valence electrons. The minimum absolute atomic E-state index is 0.133. The van der Waals surface area contributed by atoms with Crippen molar-refractivity contribution in [2.45, 2.75) is 20.0 Å². The van der Waals surface area contributed by atoms with Crippen molar-refractivity contribution in [2.24, 2.45) is 0 Å². The summed E-state index contributed by atoms with van der Waals surface area (Å²) in [5.74, 6) is 1.14. The molecule has 25 heavy (non-hydrogen) atoms. The van der Waals surface area contributed by atoms with Gasteiger partial charge in [0.2, 0.25) is 10.0 Å². The second-order valence-electron chi connectivity index (χ2n) is 5.69. The van der Waals surface area contributed by atoms with E-state index in [-0.39, 0.29) is 13.1 Å². The second kappa shape index (κ2) is 7.55. The summed E-state index contributed by atoms with van der Waals surface area (Å²) in [6.45, 7) is 2.25. The normalized spacial score (nSPS) is 12.2. The molecule has 0 spiro atoms. The van der Waals surface area contributed by atoms with E-state index < -0.39 is 10.0 Å². The van der Waals surface area contributed by atoms with Crippen LogP contribution in [0, 0.1) is 6.92 Å². The maximum absolute atomic E-state index is 12.8. The molecule has 0 aliphatic rings. The summed E-state index contributed by atoms with van der Waals surface area (Å²) in [4.78, 5) is 0. The van der Waals surface area contributed by atoms with Crippen LogP contribution in [-0.4, -0.2) is 12.7 Å². The van der Waals surface area contributed by atoms with Gasteiger partial charge in [0.15, 0.2) is 0 Å². The van der Waals surface area contributed by atoms with E-state index in [1.165, 1.54) is 22.2 Å². The quantitative estimate of drug-likeness (QED) is 0.636. The number of furan rings is 2. The van der Waals surface area contributed by atoms with E-state index in [0.717, 1.165) is 11.1 Å². The van der Waals surface area contributed by atoms with Crippen molar-refractivity contribution in [3.05, 3.63) is 89.1 Å². The van der Waals surface area contributed by atoms with Crippen molar-refractivity contribution in [2.75, 3.05) is 0 Å². The van der Waals surface area contributed by atoms with Gasteiger partial charge >= 0.3 is 0 Å². The van der Waals surface area contributed by atoms with Crippen molar-refractivity contribution in [3.63, 3.8) is 0 Å². The molecule has 0 aliphatic heterocycles. The number of aryl methyl sites for hydroxylation is 1. The van der Waals surface area contributed by atoms with Gasteiger partial charge in [-0.25, -0.2) is 8.42 Å². The molecule has 0 N–H and O–H groups in total. The highest BCUT2D eigenvalue weighted by atomic mass is 32.2. The number of benzene rings is 1. The second-order valence-corrected chi connectivity index (χ2v) is 7.50. The summed E-state index contributed by atoms with van der Waals surface area (Å²) >= 11 is 0. The molecule has 2 heterocycles. The van der Waals surface area contributed by atoms with Gasteiger partial charge in [0, 0.05) is 5.41 Å². The zero-order valence-corrected chi connectivity index (χ0v) is 14.6. The third-order valence-corrected chi connectivity index (χ3v) is 5.15. The minimum atomic E-state index is -3.65. The number of hydrogen-bond acceptors (Lipinski definition) is 4. The predicted octanol–water partition coefficient (Wildman–Crippen LogP) is 4.18. The van der Waals surface area contributed by atoms with Crippen LogP contribution in [0.3, 0.4) is 0 Å². The van der Waals surface area contributed by atoms with Crippen LogP contribution in [0.2, 0.25) is 0 Å². The van der Waals surface area contributed by atoms with Crippen LogP contribution in [0.4, 0.5) is 0 Å². The highest BCUT2D eigenvalue weighted by Gasteiger charge is 2.22. The van der Waals surface area contributed by atoms with Crippen LogP contribution in [0.25, 0.3) is 6.08 Å². The van der Waals surface area contributed by atoms with Crippen molar-refractivity contribution >= 4 is 16.1 Å². The first-order valence-electron chi connectivity index (χ1n) is 7.82. The summed E-state index contributed by atoms with van der Waals surface area (Å²) in [6, 6.07) is 14.6. The molecule has 0 amide bonds. The summed E-state index contributed by atoms with van der Waals surface area (Å²) in [5, 5.41) is 1.21. The van der Waals surface area contributed by atoms with Gasteiger partial charge in [-0.15, -0.1) is 0 Å². The number of hydrogen-bond donors (Lipinski definition) is 0. The molecule has 6 heteroatoms. The smallest absolute Gasteiger partial charge is 0.237 e. The van der Waals surface area contributed by atoms with E-state index in [2.05, 4.69) is 0 Å². The SMILES string of the molecule is Cc1ccc(/C=C/S(=O)(=O)N(Cc2ccco2)Cc2ccco2)cc1. The van der Waals surface area contributed by atoms with Crippen molar-refractivity contribution in [3.8, 4) is 0 Å². The van der Waals surface area contributed by atoms with Crippen molar-refractivity contribution in [1.29, 1.82) is 0 Å². The fraction of sp³-hybridized carbons (Fsp3) is 0.158. The van der Waals surface area contributed by atoms with Gasteiger partial charge in [-0.2, -0.15) is 4.31 Å². The van der Waals surface area contributed by atoms with E-state index in [4.69, 9.17) is 8.83 Å². The monoisotopic (exact) mass is 357 g/mol. The molecule has 0 saturated carbocycles. The van der Waals surface area contributed by atoms with Crippen LogP contribution in [0.5, 0.6) is 0 Å². The van der Waals surface area contributed by atoms with E-state index in [0.29, 0.717) is 11.5 Å². The number of rotatable bonds is 7. The summed E-state index contributed by atoms with van der Waals surface area (Å²) in [6.07, 6.45) is 4.64. The highest BCUT2D eigenvalue weighted by molar-refractivity contribution is 7.92. The molecule has 0 saturated heterocycles. The van der Waals surface area contributed by atoms with Crippen LogP contribution in [0.15, 0.2) is 75.3 Å². The zero-order valence-electron chi connectivity index (χ0n) is 13.8. The zero-order chi connectivity index (χ0) is 17.7. The average molecular weight is 357 g/mol. The number of nitrogens with zero attached hydrogens (tertiary/aromatic N) is 1. The topological polar surface area (TPSA) is 63.7 Å². The Kier molecular flexibility index (Phi) is 5.21. The van der Waals surface area contributed by atoms with E-state index in [1.807, 2.05) is 31.2 Å². The molecule has 0 bridgehead atoms. The standard InChI is InChI=1S/C19H19NO4S/c1-16-6-8-17(9-7-16)10-13-25(21,22)20(14-18-4-2-11-23-18)15-19-5-3-12-24-19/h2-13H,14-15H2,1H3/b13-10+. The third kappa shape index (κ3) is 4.71. The van der Waals surface area contributed by atoms with Gasteiger partial charge in [0.05, 0.1) is 25.6 Å². The Bertz CT molecular complexity index is 872. The molecule has 2 aromatic heterocycles. The Balaban J connectivity index is 1.83. The molecule has 0 radical (unpaired) electrons. The summed E-state index contributed by atoms with van der Waals surface area (Å²) in [5.41, 5.74) is 1.95. The van der Waals surface area contributed by atoms with Crippen LogP contribution in [-0.2, 0) is 23.1 Å². The van der Waals surface area contributed by atoms with Gasteiger partial charge in [0.25, 0.3) is 0 Å². The van der Waals surface area contributed by atoms with E-state index >= 15 is 0 Å². The molecule has 0 unspecified atom stereocenters. The lowest BCUT2D eigenvalue weighted by atomic mass is 10.2. The predicted molar refractivity (Wildman–Crippen MR) is 95.8 cm³/mol. The first-order chi connectivity index (χ1) is 12.0. The average Bonchev–Trinajstić information content (AvgIpc) is 3.28. The third-order valence-electron chi connectivity index (χ3n) is 3.69. The molecule has 0 atom stereocenters. The lowest BCUT2D eigenvalue weighted by Gasteiger charge is -2.18. The van der Waals surface area contributed by atoms with Crippen molar-refractivity contribution < 1.29 is 17.3 Å². The first kappa shape index (κ1) is 17.3. The van der Waals surface area contributed by atoms with E-state index in [1.54, 1.807) is 30.3 Å². The fourth-order valence-corrected chi connectivity index (χ4v) is 3.43. The lowest BCUT2D eigenvalue weighted by Crippen LogP contribution is -2.28. The van der Waals surface area contributed by atoms with Gasteiger partial charge in [-0.1, -0.05) is 29.8 Å². The molecule has 0 fully saturated rings. The van der Waals surface area contributed by atoms with Gasteiger partial charge < -0.3 is 8.83 Å². The highest BCUT2D eigenvalue weighted by Crippen LogP contribution is 2.17. The van der Waals surface area contributed by atoms with Gasteiger partial charge in [-0.3, -0.25) is 0 Å². The molecule has 5 nitrogen and oxygen atoms in total. The van der Waals surface area contributed by atoms with Crippen LogP contribution in [0.1, 0.15) is 22.6 Å². The Labute approximate surface area is 147 Å². The summed E-state index contributed by atoms with van der Waals surface area (Å²) in [7, 11) is -3.65. The fourth-order valence-electron chi connectivity index (χ4n) is 2.32. The van der Waals surface area contributed by atoms with E-state index in [9.17, 15) is 8.42 Å². The van der Waals surface area contributed by atoms with Gasteiger partial charge in [0.1, 0.15) is 11.5 Å². The molecule has 3 aromatic rings. The maximum Gasteiger partial charge on any atom is 0.237 e. The lowest BCUT2D eigenvalue weighted by molar-refractivity contribution is 0.334. The first-order valence-corrected chi connectivity index (χ1v) is 9.33. The Morgan fingerprint density at radius 1 is 0.920 bits per heavy atom. The molecular weight excluding hydrogens is 338 g/mol. The Morgan fingerprint density at radius 2 is 1.48 bits per heavy atom. The van der Waals surface area contributed by atoms with Crippen LogP contribution >= 0.6 is 0 Å². The van der Waals surface area contributed by atoms with Gasteiger partial charge in [-0.05, 0) is 42.8 Å². The minimum Gasteiger partial charge on any atom is -0.468 e.